The van der Waals surface area contributed by atoms with Crippen molar-refractivity contribution in [3.05, 3.63) is 35.1 Å². The summed E-state index contributed by atoms with van der Waals surface area (Å²) in [5.41, 5.74) is 0.490. The summed E-state index contributed by atoms with van der Waals surface area (Å²) in [7, 11) is 0. The molecule has 1 N–H and O–H groups in total. The second kappa shape index (κ2) is 7.27. The van der Waals surface area contributed by atoms with Gasteiger partial charge in [0, 0.05) is 19.1 Å². The van der Waals surface area contributed by atoms with Crippen molar-refractivity contribution in [3.8, 4) is 0 Å². The molecule has 2 rings (SSSR count). The molecule has 0 spiro atoms. The fourth-order valence-electron chi connectivity index (χ4n) is 2.82. The SMILES string of the molecule is CC(C)NCC1CCCN(Cc2cc(F)c(F)c(F)c2)C1. The van der Waals surface area contributed by atoms with E-state index in [-0.39, 0.29) is 0 Å². The van der Waals surface area contributed by atoms with Crippen LogP contribution in [-0.4, -0.2) is 30.6 Å². The normalized spacial score (nSPS) is 20.2. The van der Waals surface area contributed by atoms with E-state index in [4.69, 9.17) is 0 Å². The van der Waals surface area contributed by atoms with Crippen LogP contribution in [0.3, 0.4) is 0 Å². The highest BCUT2D eigenvalue weighted by Gasteiger charge is 2.21. The third-order valence-corrected chi connectivity index (χ3v) is 3.87. The zero-order valence-corrected chi connectivity index (χ0v) is 12.6. The highest BCUT2D eigenvalue weighted by molar-refractivity contribution is 5.19. The molecule has 1 aromatic rings. The van der Waals surface area contributed by atoms with E-state index in [1.807, 2.05) is 0 Å². The first-order valence-corrected chi connectivity index (χ1v) is 7.55. The smallest absolute Gasteiger partial charge is 0.194 e. The molecule has 0 aliphatic carbocycles. The van der Waals surface area contributed by atoms with Gasteiger partial charge in [-0.25, -0.2) is 13.2 Å². The van der Waals surface area contributed by atoms with E-state index in [0.29, 0.717) is 24.1 Å². The molecule has 1 aliphatic rings. The lowest BCUT2D eigenvalue weighted by molar-refractivity contribution is 0.163. The van der Waals surface area contributed by atoms with Crippen LogP contribution in [0.4, 0.5) is 13.2 Å². The van der Waals surface area contributed by atoms with Crippen LogP contribution >= 0.6 is 0 Å². The summed E-state index contributed by atoms with van der Waals surface area (Å²) in [5.74, 6) is -3.06. The van der Waals surface area contributed by atoms with E-state index in [2.05, 4.69) is 24.1 Å². The number of hydrogen-bond acceptors (Lipinski definition) is 2. The van der Waals surface area contributed by atoms with Gasteiger partial charge in [0.1, 0.15) is 0 Å². The molecule has 1 fully saturated rings. The van der Waals surface area contributed by atoms with Gasteiger partial charge in [-0.2, -0.15) is 0 Å². The molecular weight excluding hydrogens is 277 g/mol. The Bertz CT molecular complexity index is 454. The fraction of sp³-hybridized carbons (Fsp3) is 0.625. The molecule has 1 aliphatic heterocycles. The van der Waals surface area contributed by atoms with Crippen LogP contribution in [0.2, 0.25) is 0 Å². The van der Waals surface area contributed by atoms with Gasteiger partial charge >= 0.3 is 0 Å². The third kappa shape index (κ3) is 4.71. The minimum Gasteiger partial charge on any atom is -0.314 e. The standard InChI is InChI=1S/C16H23F3N2/c1-11(2)20-8-12-4-3-5-21(9-12)10-13-6-14(17)16(19)15(18)7-13/h6-7,11-12,20H,3-5,8-10H2,1-2H3. The van der Waals surface area contributed by atoms with Crippen molar-refractivity contribution < 1.29 is 13.2 Å². The van der Waals surface area contributed by atoms with Crippen LogP contribution in [0.1, 0.15) is 32.3 Å². The van der Waals surface area contributed by atoms with Crippen molar-refractivity contribution in [2.75, 3.05) is 19.6 Å². The van der Waals surface area contributed by atoms with E-state index in [1.165, 1.54) is 6.42 Å². The maximum Gasteiger partial charge on any atom is 0.194 e. The van der Waals surface area contributed by atoms with Gasteiger partial charge in [0.05, 0.1) is 0 Å². The summed E-state index contributed by atoms with van der Waals surface area (Å²) < 4.78 is 39.4. The maximum absolute atomic E-state index is 13.2. The zero-order chi connectivity index (χ0) is 15.4. The molecule has 5 heteroatoms. The van der Waals surface area contributed by atoms with Gasteiger partial charge < -0.3 is 5.32 Å². The van der Waals surface area contributed by atoms with Crippen LogP contribution in [0, 0.1) is 23.4 Å². The first-order chi connectivity index (χ1) is 9.95. The molecule has 1 atom stereocenters. The van der Waals surface area contributed by atoms with Gasteiger partial charge in [-0.1, -0.05) is 13.8 Å². The third-order valence-electron chi connectivity index (χ3n) is 3.87. The van der Waals surface area contributed by atoms with Gasteiger partial charge in [0.2, 0.25) is 0 Å². The van der Waals surface area contributed by atoms with Crippen molar-refractivity contribution in [2.45, 2.75) is 39.3 Å². The second-order valence-electron chi connectivity index (χ2n) is 6.18. The number of likely N-dealkylation sites (tertiary alicyclic amines) is 1. The Kier molecular flexibility index (Phi) is 5.65. The van der Waals surface area contributed by atoms with E-state index >= 15 is 0 Å². The summed E-state index contributed by atoms with van der Waals surface area (Å²) >= 11 is 0. The minimum atomic E-state index is -1.39. The quantitative estimate of drug-likeness (QED) is 0.839. The van der Waals surface area contributed by atoms with Crippen LogP contribution < -0.4 is 5.32 Å². The van der Waals surface area contributed by atoms with Gasteiger partial charge in [-0.3, -0.25) is 4.90 Å². The van der Waals surface area contributed by atoms with Crippen LogP contribution in [0.5, 0.6) is 0 Å². The Morgan fingerprint density at radius 3 is 2.52 bits per heavy atom. The molecule has 118 valence electrons. The topological polar surface area (TPSA) is 15.3 Å². The molecule has 1 saturated heterocycles. The monoisotopic (exact) mass is 300 g/mol. The van der Waals surface area contributed by atoms with Crippen molar-refractivity contribution >= 4 is 0 Å². The lowest BCUT2D eigenvalue weighted by Gasteiger charge is -2.33. The summed E-state index contributed by atoms with van der Waals surface area (Å²) in [5, 5.41) is 3.43. The molecule has 1 unspecified atom stereocenters. The van der Waals surface area contributed by atoms with E-state index in [0.717, 1.165) is 38.2 Å². The van der Waals surface area contributed by atoms with Crippen molar-refractivity contribution in [1.29, 1.82) is 0 Å². The summed E-state index contributed by atoms with van der Waals surface area (Å²) in [4.78, 5) is 2.18. The van der Waals surface area contributed by atoms with Crippen molar-refractivity contribution in [2.24, 2.45) is 5.92 Å². The number of halogens is 3. The van der Waals surface area contributed by atoms with E-state index in [1.54, 1.807) is 0 Å². The predicted molar refractivity (Wildman–Crippen MR) is 77.5 cm³/mol. The van der Waals surface area contributed by atoms with Crippen molar-refractivity contribution in [1.82, 2.24) is 10.2 Å². The number of piperidine rings is 1. The molecule has 21 heavy (non-hydrogen) atoms. The molecule has 2 nitrogen and oxygen atoms in total. The Morgan fingerprint density at radius 2 is 1.90 bits per heavy atom. The highest BCUT2D eigenvalue weighted by Crippen LogP contribution is 2.20. The number of hydrogen-bond donors (Lipinski definition) is 1. The summed E-state index contributed by atoms with van der Waals surface area (Å²) in [6.07, 6.45) is 2.25. The van der Waals surface area contributed by atoms with Crippen LogP contribution in [-0.2, 0) is 6.54 Å². The fourth-order valence-corrected chi connectivity index (χ4v) is 2.82. The number of benzene rings is 1. The number of rotatable bonds is 5. The molecule has 1 heterocycles. The van der Waals surface area contributed by atoms with Gasteiger partial charge in [-0.05, 0) is 49.5 Å². The molecule has 0 radical (unpaired) electrons. The molecule has 0 bridgehead atoms. The Labute approximate surface area is 124 Å². The Morgan fingerprint density at radius 1 is 1.24 bits per heavy atom. The number of nitrogens with one attached hydrogen (secondary N) is 1. The van der Waals surface area contributed by atoms with Gasteiger partial charge in [0.15, 0.2) is 17.5 Å². The lowest BCUT2D eigenvalue weighted by Crippen LogP contribution is -2.40. The van der Waals surface area contributed by atoms with E-state index < -0.39 is 17.5 Å². The lowest BCUT2D eigenvalue weighted by atomic mass is 9.97. The van der Waals surface area contributed by atoms with E-state index in [9.17, 15) is 13.2 Å². The second-order valence-corrected chi connectivity index (χ2v) is 6.18. The maximum atomic E-state index is 13.2. The van der Waals surface area contributed by atoms with Crippen LogP contribution in [0.15, 0.2) is 12.1 Å². The van der Waals surface area contributed by atoms with Crippen molar-refractivity contribution in [3.63, 3.8) is 0 Å². The minimum absolute atomic E-state index is 0.459. The first kappa shape index (κ1) is 16.3. The summed E-state index contributed by atoms with van der Waals surface area (Å²) in [6, 6.07) is 2.64. The summed E-state index contributed by atoms with van der Waals surface area (Å²) in [6.45, 7) is 7.47. The first-order valence-electron chi connectivity index (χ1n) is 7.55. The predicted octanol–water partition coefficient (Wildman–Crippen LogP) is 3.31. The average molecular weight is 300 g/mol. The van der Waals surface area contributed by atoms with Crippen LogP contribution in [0.25, 0.3) is 0 Å². The highest BCUT2D eigenvalue weighted by atomic mass is 19.2. The average Bonchev–Trinajstić information content (AvgIpc) is 2.43. The van der Waals surface area contributed by atoms with Gasteiger partial charge in [-0.15, -0.1) is 0 Å². The van der Waals surface area contributed by atoms with Gasteiger partial charge in [0.25, 0.3) is 0 Å². The Hall–Kier alpha value is -1.07. The Balaban J connectivity index is 1.93. The largest absolute Gasteiger partial charge is 0.314 e. The molecule has 1 aromatic carbocycles. The zero-order valence-electron chi connectivity index (χ0n) is 12.6. The number of nitrogens with zero attached hydrogens (tertiary/aromatic N) is 1. The molecule has 0 aromatic heterocycles. The molecule has 0 saturated carbocycles. The molecule has 0 amide bonds. The molecular formula is C16H23F3N2.